The molecule has 6 nitrogen and oxygen atoms in total. The lowest BCUT2D eigenvalue weighted by Gasteiger charge is -2.26. The average molecular weight is 390 g/mol. The Bertz CT molecular complexity index is 768. The van der Waals surface area contributed by atoms with Crippen molar-refractivity contribution in [2.75, 3.05) is 42.0 Å². The number of rotatable bonds is 9. The zero-order chi connectivity index (χ0) is 20.7. The van der Waals surface area contributed by atoms with Crippen LogP contribution in [0, 0.1) is 5.82 Å². The first-order chi connectivity index (χ1) is 13.4. The summed E-state index contributed by atoms with van der Waals surface area (Å²) in [7, 11) is 8.55. The minimum Gasteiger partial charge on any atom is -0.493 e. The fourth-order valence-electron chi connectivity index (χ4n) is 2.95. The summed E-state index contributed by atoms with van der Waals surface area (Å²) >= 11 is 0. The van der Waals surface area contributed by atoms with E-state index in [1.165, 1.54) is 12.1 Å². The summed E-state index contributed by atoms with van der Waals surface area (Å²) in [6, 6.07) is 9.55. The van der Waals surface area contributed by atoms with E-state index in [0.29, 0.717) is 23.8 Å². The average Bonchev–Trinajstić information content (AvgIpc) is 2.68. The van der Waals surface area contributed by atoms with E-state index >= 15 is 0 Å². The molecule has 0 saturated heterocycles. The molecule has 0 aliphatic heterocycles. The van der Waals surface area contributed by atoms with Crippen LogP contribution in [0.2, 0.25) is 0 Å². The summed E-state index contributed by atoms with van der Waals surface area (Å²) in [4.78, 5) is 14.3. The summed E-state index contributed by atoms with van der Waals surface area (Å²) < 4.78 is 29.2. The van der Waals surface area contributed by atoms with Gasteiger partial charge in [-0.15, -0.1) is 0 Å². The Hall–Kier alpha value is -2.80. The molecule has 28 heavy (non-hydrogen) atoms. The summed E-state index contributed by atoms with van der Waals surface area (Å²) in [6.45, 7) is 0.395. The number of likely N-dealkylation sites (N-methyl/N-ethyl adjacent to an activating group) is 1. The Balaban J connectivity index is 2.14. The number of ether oxygens (including phenoxy) is 3. The van der Waals surface area contributed by atoms with E-state index in [1.807, 2.05) is 31.1 Å². The number of methoxy groups -OCH3 is 3. The van der Waals surface area contributed by atoms with E-state index in [-0.39, 0.29) is 24.2 Å². The second-order valence-electron chi connectivity index (χ2n) is 6.55. The fourth-order valence-corrected chi connectivity index (χ4v) is 2.95. The van der Waals surface area contributed by atoms with Gasteiger partial charge in [0.05, 0.1) is 33.8 Å². The highest BCUT2D eigenvalue weighted by Crippen LogP contribution is 2.40. The highest BCUT2D eigenvalue weighted by molar-refractivity contribution is 5.78. The normalized spacial score (nSPS) is 11.8. The molecule has 1 atom stereocenters. The summed E-state index contributed by atoms with van der Waals surface area (Å²) in [5.41, 5.74) is 1.68. The van der Waals surface area contributed by atoms with Crippen molar-refractivity contribution >= 4 is 5.91 Å². The molecular formula is C21H27FN2O4. The van der Waals surface area contributed by atoms with Crippen LogP contribution in [0.15, 0.2) is 36.4 Å². The Morgan fingerprint density at radius 2 is 1.61 bits per heavy atom. The predicted molar refractivity (Wildman–Crippen MR) is 106 cm³/mol. The Morgan fingerprint density at radius 1 is 1.04 bits per heavy atom. The number of amides is 1. The SMILES string of the molecule is COc1cc(C(CNC(=O)Cc2ccc(F)cc2)N(C)C)cc(OC)c1OC. The molecule has 0 heterocycles. The lowest BCUT2D eigenvalue weighted by Crippen LogP contribution is -2.35. The molecule has 1 amide bonds. The van der Waals surface area contributed by atoms with Crippen molar-refractivity contribution in [3.63, 3.8) is 0 Å². The molecule has 2 rings (SSSR count). The van der Waals surface area contributed by atoms with Gasteiger partial charge >= 0.3 is 0 Å². The first-order valence-corrected chi connectivity index (χ1v) is 8.87. The zero-order valence-corrected chi connectivity index (χ0v) is 16.9. The Kier molecular flexibility index (Phi) is 7.63. The quantitative estimate of drug-likeness (QED) is 0.714. The van der Waals surface area contributed by atoms with Crippen molar-refractivity contribution in [1.82, 2.24) is 10.2 Å². The van der Waals surface area contributed by atoms with Crippen LogP contribution in [-0.4, -0.2) is 52.8 Å². The maximum atomic E-state index is 13.0. The molecule has 0 aromatic heterocycles. The molecule has 2 aromatic rings. The number of hydrogen-bond acceptors (Lipinski definition) is 5. The third-order valence-corrected chi connectivity index (χ3v) is 4.47. The summed E-state index contributed by atoms with van der Waals surface area (Å²) in [5.74, 6) is 1.18. The minimum absolute atomic E-state index is 0.106. The number of nitrogens with zero attached hydrogens (tertiary/aromatic N) is 1. The summed E-state index contributed by atoms with van der Waals surface area (Å²) in [6.07, 6.45) is 0.190. The Labute approximate surface area is 165 Å². The summed E-state index contributed by atoms with van der Waals surface area (Å²) in [5, 5.41) is 2.94. The first-order valence-electron chi connectivity index (χ1n) is 8.87. The van der Waals surface area contributed by atoms with Gasteiger partial charge in [-0.05, 0) is 49.5 Å². The highest BCUT2D eigenvalue weighted by atomic mass is 19.1. The number of nitrogens with one attached hydrogen (secondary N) is 1. The topological polar surface area (TPSA) is 60.0 Å². The van der Waals surface area contributed by atoms with Crippen LogP contribution >= 0.6 is 0 Å². The lowest BCUT2D eigenvalue weighted by atomic mass is 10.0. The number of benzene rings is 2. The van der Waals surface area contributed by atoms with Gasteiger partial charge in [0.15, 0.2) is 11.5 Å². The van der Waals surface area contributed by atoms with E-state index < -0.39 is 0 Å². The van der Waals surface area contributed by atoms with Gasteiger partial charge in [-0.3, -0.25) is 4.79 Å². The number of carbonyl (C=O) groups is 1. The molecule has 2 aromatic carbocycles. The van der Waals surface area contributed by atoms with Crippen molar-refractivity contribution < 1.29 is 23.4 Å². The first kappa shape index (κ1) is 21.5. The molecule has 7 heteroatoms. The number of carbonyl (C=O) groups excluding carboxylic acids is 1. The van der Waals surface area contributed by atoms with Crippen molar-refractivity contribution in [3.05, 3.63) is 53.3 Å². The molecule has 0 fully saturated rings. The molecule has 1 N–H and O–H groups in total. The van der Waals surface area contributed by atoms with Crippen LogP contribution in [0.3, 0.4) is 0 Å². The van der Waals surface area contributed by atoms with Gasteiger partial charge in [-0.1, -0.05) is 12.1 Å². The van der Waals surface area contributed by atoms with Crippen LogP contribution in [0.1, 0.15) is 17.2 Å². The number of halogens is 1. The van der Waals surface area contributed by atoms with Gasteiger partial charge in [0, 0.05) is 6.54 Å². The predicted octanol–water partition coefficient (Wildman–Crippen LogP) is 2.81. The van der Waals surface area contributed by atoms with Crippen LogP contribution < -0.4 is 19.5 Å². The number of hydrogen-bond donors (Lipinski definition) is 1. The second-order valence-corrected chi connectivity index (χ2v) is 6.55. The van der Waals surface area contributed by atoms with Crippen LogP contribution in [0.25, 0.3) is 0 Å². The van der Waals surface area contributed by atoms with E-state index in [2.05, 4.69) is 5.32 Å². The van der Waals surface area contributed by atoms with Gasteiger partial charge in [0.25, 0.3) is 0 Å². The molecule has 152 valence electrons. The van der Waals surface area contributed by atoms with E-state index in [1.54, 1.807) is 33.5 Å². The van der Waals surface area contributed by atoms with E-state index in [9.17, 15) is 9.18 Å². The molecule has 0 spiro atoms. The third kappa shape index (κ3) is 5.36. The van der Waals surface area contributed by atoms with Gasteiger partial charge in [0.2, 0.25) is 11.7 Å². The van der Waals surface area contributed by atoms with E-state index in [0.717, 1.165) is 11.1 Å². The largest absolute Gasteiger partial charge is 0.493 e. The van der Waals surface area contributed by atoms with Crippen molar-refractivity contribution in [1.29, 1.82) is 0 Å². The molecule has 0 aliphatic carbocycles. The molecule has 1 unspecified atom stereocenters. The standard InChI is InChI=1S/C21H27FN2O4/c1-24(2)17(13-23-20(25)10-14-6-8-16(22)9-7-14)15-11-18(26-3)21(28-5)19(12-15)27-4/h6-9,11-12,17H,10,13H2,1-5H3,(H,23,25). The maximum Gasteiger partial charge on any atom is 0.224 e. The van der Waals surface area contributed by atoms with Gasteiger partial charge in [-0.2, -0.15) is 0 Å². The second kappa shape index (κ2) is 9.94. The van der Waals surface area contributed by atoms with Gasteiger partial charge in [-0.25, -0.2) is 4.39 Å². The fraction of sp³-hybridized carbons (Fsp3) is 0.381. The van der Waals surface area contributed by atoms with Crippen molar-refractivity contribution in [3.8, 4) is 17.2 Å². The van der Waals surface area contributed by atoms with Gasteiger partial charge < -0.3 is 24.4 Å². The minimum atomic E-state index is -0.320. The monoisotopic (exact) mass is 390 g/mol. The molecule has 0 radical (unpaired) electrons. The molecule has 0 aliphatic rings. The lowest BCUT2D eigenvalue weighted by molar-refractivity contribution is -0.120. The van der Waals surface area contributed by atoms with Crippen LogP contribution in [0.4, 0.5) is 4.39 Å². The Morgan fingerprint density at radius 3 is 2.07 bits per heavy atom. The smallest absolute Gasteiger partial charge is 0.224 e. The molecular weight excluding hydrogens is 363 g/mol. The van der Waals surface area contributed by atoms with Crippen molar-refractivity contribution in [2.45, 2.75) is 12.5 Å². The molecule has 0 saturated carbocycles. The molecule has 0 bridgehead atoms. The van der Waals surface area contributed by atoms with Crippen LogP contribution in [-0.2, 0) is 11.2 Å². The third-order valence-electron chi connectivity index (χ3n) is 4.47. The highest BCUT2D eigenvalue weighted by Gasteiger charge is 2.21. The van der Waals surface area contributed by atoms with E-state index in [4.69, 9.17) is 14.2 Å². The van der Waals surface area contributed by atoms with Crippen molar-refractivity contribution in [2.24, 2.45) is 0 Å². The maximum absolute atomic E-state index is 13.0. The van der Waals surface area contributed by atoms with Crippen LogP contribution in [0.5, 0.6) is 17.2 Å². The zero-order valence-electron chi connectivity index (χ0n) is 16.9. The van der Waals surface area contributed by atoms with Gasteiger partial charge in [0.1, 0.15) is 5.82 Å².